The summed E-state index contributed by atoms with van der Waals surface area (Å²) in [6.45, 7) is 7.12. The first-order valence-electron chi connectivity index (χ1n) is 9.92. The Labute approximate surface area is 161 Å². The van der Waals surface area contributed by atoms with Gasteiger partial charge in [0.1, 0.15) is 18.1 Å². The molecule has 0 aliphatic carbocycles. The normalized spacial score (nSPS) is 15.3. The standard InChI is InChI=1S/C23H28N2O2/c1-18-15-20-16-21(26)7-10-23(20)25(18)17-19-5-8-22(9-6-19)27-14-13-24-11-3-2-4-12-24/h5-10,15-16,26H,2-4,11-14,17H2,1H3. The Morgan fingerprint density at radius 2 is 1.74 bits per heavy atom. The maximum absolute atomic E-state index is 9.68. The third-order valence-electron chi connectivity index (χ3n) is 5.48. The molecule has 0 unspecified atom stereocenters. The van der Waals surface area contributed by atoms with Crippen molar-refractivity contribution in [2.75, 3.05) is 26.2 Å². The second kappa shape index (κ2) is 8.05. The molecule has 1 saturated heterocycles. The summed E-state index contributed by atoms with van der Waals surface area (Å²) in [5.74, 6) is 1.25. The topological polar surface area (TPSA) is 37.6 Å². The number of rotatable bonds is 6. The van der Waals surface area contributed by atoms with Crippen LogP contribution in [0.15, 0.2) is 48.5 Å². The molecule has 27 heavy (non-hydrogen) atoms. The Kier molecular flexibility index (Phi) is 5.35. The number of phenolic OH excluding ortho intramolecular Hbond substituents is 1. The lowest BCUT2D eigenvalue weighted by Gasteiger charge is -2.26. The quantitative estimate of drug-likeness (QED) is 0.696. The van der Waals surface area contributed by atoms with E-state index in [-0.39, 0.29) is 0 Å². The number of ether oxygens (including phenoxy) is 1. The molecule has 4 rings (SSSR count). The Morgan fingerprint density at radius 1 is 0.963 bits per heavy atom. The van der Waals surface area contributed by atoms with Crippen molar-refractivity contribution >= 4 is 10.9 Å². The van der Waals surface area contributed by atoms with Gasteiger partial charge in [-0.2, -0.15) is 0 Å². The van der Waals surface area contributed by atoms with Crippen molar-refractivity contribution < 1.29 is 9.84 Å². The van der Waals surface area contributed by atoms with Gasteiger partial charge in [-0.25, -0.2) is 0 Å². The first kappa shape index (κ1) is 17.9. The highest BCUT2D eigenvalue weighted by molar-refractivity contribution is 5.82. The van der Waals surface area contributed by atoms with Gasteiger partial charge in [0.05, 0.1) is 0 Å². The van der Waals surface area contributed by atoms with E-state index in [1.54, 1.807) is 6.07 Å². The number of benzene rings is 2. The zero-order valence-electron chi connectivity index (χ0n) is 16.0. The summed E-state index contributed by atoms with van der Waals surface area (Å²) in [6.07, 6.45) is 4.01. The summed E-state index contributed by atoms with van der Waals surface area (Å²) in [6, 6.07) is 16.1. The van der Waals surface area contributed by atoms with Gasteiger partial charge >= 0.3 is 0 Å². The number of aromatic hydroxyl groups is 1. The van der Waals surface area contributed by atoms with Crippen molar-refractivity contribution in [2.24, 2.45) is 0 Å². The maximum Gasteiger partial charge on any atom is 0.119 e. The van der Waals surface area contributed by atoms with E-state index in [1.807, 2.05) is 12.1 Å². The largest absolute Gasteiger partial charge is 0.508 e. The van der Waals surface area contributed by atoms with Crippen LogP contribution in [0.3, 0.4) is 0 Å². The first-order valence-corrected chi connectivity index (χ1v) is 9.92. The molecule has 1 aromatic heterocycles. The summed E-state index contributed by atoms with van der Waals surface area (Å²) >= 11 is 0. The van der Waals surface area contributed by atoms with Gasteiger partial charge in [0, 0.05) is 29.7 Å². The summed E-state index contributed by atoms with van der Waals surface area (Å²) in [7, 11) is 0. The Balaban J connectivity index is 1.37. The highest BCUT2D eigenvalue weighted by Crippen LogP contribution is 2.25. The molecule has 0 radical (unpaired) electrons. The van der Waals surface area contributed by atoms with Crippen molar-refractivity contribution in [3.63, 3.8) is 0 Å². The molecule has 4 nitrogen and oxygen atoms in total. The number of phenols is 1. The van der Waals surface area contributed by atoms with Gasteiger partial charge < -0.3 is 14.4 Å². The van der Waals surface area contributed by atoms with Crippen LogP contribution in [0.4, 0.5) is 0 Å². The molecule has 1 aliphatic heterocycles. The lowest BCUT2D eigenvalue weighted by molar-refractivity contribution is 0.183. The lowest BCUT2D eigenvalue weighted by Crippen LogP contribution is -2.33. The van der Waals surface area contributed by atoms with Crippen molar-refractivity contribution in [3.05, 3.63) is 59.8 Å². The molecule has 2 heterocycles. The van der Waals surface area contributed by atoms with Crippen LogP contribution in [0.5, 0.6) is 11.5 Å². The Morgan fingerprint density at radius 3 is 2.52 bits per heavy atom. The minimum absolute atomic E-state index is 0.311. The molecule has 0 amide bonds. The van der Waals surface area contributed by atoms with Crippen molar-refractivity contribution in [1.82, 2.24) is 9.47 Å². The zero-order valence-corrected chi connectivity index (χ0v) is 16.0. The lowest BCUT2D eigenvalue weighted by atomic mass is 10.1. The highest BCUT2D eigenvalue weighted by atomic mass is 16.5. The van der Waals surface area contributed by atoms with Crippen molar-refractivity contribution in [3.8, 4) is 11.5 Å². The Hall–Kier alpha value is -2.46. The highest BCUT2D eigenvalue weighted by Gasteiger charge is 2.10. The molecule has 142 valence electrons. The van der Waals surface area contributed by atoms with E-state index < -0.39 is 0 Å². The predicted octanol–water partition coefficient (Wildman–Crippen LogP) is 4.57. The van der Waals surface area contributed by atoms with Crippen LogP contribution in [-0.2, 0) is 6.54 Å². The third kappa shape index (κ3) is 4.28. The molecular weight excluding hydrogens is 336 g/mol. The molecular formula is C23H28N2O2. The molecule has 1 N–H and O–H groups in total. The van der Waals surface area contributed by atoms with Crippen LogP contribution in [-0.4, -0.2) is 40.8 Å². The number of aryl methyl sites for hydroxylation is 1. The van der Waals surface area contributed by atoms with Crippen LogP contribution in [0.1, 0.15) is 30.5 Å². The summed E-state index contributed by atoms with van der Waals surface area (Å²) in [5.41, 5.74) is 3.58. The minimum Gasteiger partial charge on any atom is -0.508 e. The van der Waals surface area contributed by atoms with Gasteiger partial charge in [0.15, 0.2) is 0 Å². The summed E-state index contributed by atoms with van der Waals surface area (Å²) in [5, 5.41) is 10.8. The minimum atomic E-state index is 0.311. The van der Waals surface area contributed by atoms with Gasteiger partial charge in [-0.3, -0.25) is 4.90 Å². The van der Waals surface area contributed by atoms with Gasteiger partial charge in [-0.15, -0.1) is 0 Å². The number of likely N-dealkylation sites (tertiary alicyclic amines) is 1. The van der Waals surface area contributed by atoms with Crippen LogP contribution in [0.2, 0.25) is 0 Å². The van der Waals surface area contributed by atoms with Crippen LogP contribution >= 0.6 is 0 Å². The number of aromatic nitrogens is 1. The molecule has 0 saturated carbocycles. The monoisotopic (exact) mass is 364 g/mol. The fourth-order valence-electron chi connectivity index (χ4n) is 3.96. The number of nitrogens with zero attached hydrogens (tertiary/aromatic N) is 2. The van der Waals surface area contributed by atoms with Gasteiger partial charge in [0.2, 0.25) is 0 Å². The maximum atomic E-state index is 9.68. The van der Waals surface area contributed by atoms with Crippen LogP contribution in [0.25, 0.3) is 10.9 Å². The molecule has 1 fully saturated rings. The summed E-state index contributed by atoms with van der Waals surface area (Å²) < 4.78 is 8.21. The van der Waals surface area contributed by atoms with E-state index >= 15 is 0 Å². The van der Waals surface area contributed by atoms with E-state index in [0.29, 0.717) is 5.75 Å². The number of hydrogen-bond acceptors (Lipinski definition) is 3. The van der Waals surface area contributed by atoms with Crippen molar-refractivity contribution in [2.45, 2.75) is 32.7 Å². The molecule has 3 aromatic rings. The molecule has 0 atom stereocenters. The third-order valence-corrected chi connectivity index (χ3v) is 5.48. The average Bonchev–Trinajstić information content (AvgIpc) is 2.98. The smallest absolute Gasteiger partial charge is 0.119 e. The number of fused-ring (bicyclic) bond motifs is 1. The van der Waals surface area contributed by atoms with Crippen LogP contribution < -0.4 is 4.74 Å². The predicted molar refractivity (Wildman–Crippen MR) is 110 cm³/mol. The van der Waals surface area contributed by atoms with E-state index in [0.717, 1.165) is 36.3 Å². The Bertz CT molecular complexity index is 893. The SMILES string of the molecule is Cc1cc2cc(O)ccc2n1Cc1ccc(OCCN2CCCCC2)cc1. The molecule has 1 aliphatic rings. The molecule has 2 aromatic carbocycles. The van der Waals surface area contributed by atoms with E-state index in [1.165, 1.54) is 43.6 Å². The fourth-order valence-corrected chi connectivity index (χ4v) is 3.96. The average molecular weight is 364 g/mol. The van der Waals surface area contributed by atoms with Gasteiger partial charge in [0.25, 0.3) is 0 Å². The number of hydrogen-bond donors (Lipinski definition) is 1. The van der Waals surface area contributed by atoms with E-state index in [4.69, 9.17) is 4.74 Å². The van der Waals surface area contributed by atoms with E-state index in [9.17, 15) is 5.11 Å². The molecule has 0 spiro atoms. The van der Waals surface area contributed by atoms with Crippen LogP contribution in [0, 0.1) is 6.92 Å². The van der Waals surface area contributed by atoms with E-state index in [2.05, 4.69) is 46.7 Å². The number of piperidine rings is 1. The molecule has 4 heteroatoms. The van der Waals surface area contributed by atoms with Gasteiger partial charge in [-0.05, 0) is 74.8 Å². The zero-order chi connectivity index (χ0) is 18.6. The van der Waals surface area contributed by atoms with Crippen molar-refractivity contribution in [1.29, 1.82) is 0 Å². The summed E-state index contributed by atoms with van der Waals surface area (Å²) in [4.78, 5) is 2.50. The van der Waals surface area contributed by atoms with Gasteiger partial charge in [-0.1, -0.05) is 18.6 Å². The molecule has 0 bridgehead atoms. The second-order valence-electron chi connectivity index (χ2n) is 7.51. The first-order chi connectivity index (χ1) is 13.2. The fraction of sp³-hybridized carbons (Fsp3) is 0.391. The second-order valence-corrected chi connectivity index (χ2v) is 7.51.